The van der Waals surface area contributed by atoms with Crippen molar-refractivity contribution in [3.05, 3.63) is 95.3 Å². The molecule has 0 aromatic heterocycles. The first-order valence-electron chi connectivity index (χ1n) is 8.70. The molecule has 150 valence electrons. The van der Waals surface area contributed by atoms with Crippen molar-refractivity contribution in [2.45, 2.75) is 11.4 Å². The van der Waals surface area contributed by atoms with Gasteiger partial charge < -0.3 is 5.32 Å². The van der Waals surface area contributed by atoms with Gasteiger partial charge in [-0.05, 0) is 42.0 Å². The Balaban J connectivity index is 1.87. The molecule has 0 fully saturated rings. The van der Waals surface area contributed by atoms with Gasteiger partial charge >= 0.3 is 0 Å². The van der Waals surface area contributed by atoms with E-state index in [0.29, 0.717) is 10.6 Å². The van der Waals surface area contributed by atoms with E-state index in [4.69, 9.17) is 11.6 Å². The van der Waals surface area contributed by atoms with Gasteiger partial charge in [-0.25, -0.2) is 12.8 Å². The number of carbonyl (C=O) groups excluding carboxylic acids is 1. The fourth-order valence-corrected chi connectivity index (χ4v) is 4.20. The summed E-state index contributed by atoms with van der Waals surface area (Å²) in [5.74, 6) is -1.25. The average molecular weight is 433 g/mol. The van der Waals surface area contributed by atoms with E-state index in [1.54, 1.807) is 48.5 Å². The van der Waals surface area contributed by atoms with E-state index in [2.05, 4.69) is 5.32 Å². The van der Waals surface area contributed by atoms with Gasteiger partial charge in [-0.3, -0.25) is 4.79 Å². The van der Waals surface area contributed by atoms with E-state index in [-0.39, 0.29) is 17.1 Å². The molecule has 0 bridgehead atoms. The molecular formula is C21H18ClFN2O3S. The van der Waals surface area contributed by atoms with Crippen LogP contribution in [-0.4, -0.2) is 25.2 Å². The van der Waals surface area contributed by atoms with Crippen LogP contribution < -0.4 is 5.32 Å². The van der Waals surface area contributed by atoms with Crippen molar-refractivity contribution in [3.63, 3.8) is 0 Å². The Morgan fingerprint density at radius 3 is 2.21 bits per heavy atom. The fourth-order valence-electron chi connectivity index (χ4n) is 2.67. The van der Waals surface area contributed by atoms with Crippen molar-refractivity contribution in [1.82, 2.24) is 4.31 Å². The molecule has 3 aromatic rings. The molecule has 0 aliphatic carbocycles. The molecule has 0 radical (unpaired) electrons. The largest absolute Gasteiger partial charge is 0.322 e. The molecule has 3 aromatic carbocycles. The first-order valence-corrected chi connectivity index (χ1v) is 10.5. The molecule has 29 heavy (non-hydrogen) atoms. The predicted octanol–water partition coefficient (Wildman–Crippen LogP) is 4.31. The number of hydrogen-bond donors (Lipinski definition) is 1. The van der Waals surface area contributed by atoms with Crippen molar-refractivity contribution in [2.24, 2.45) is 0 Å². The van der Waals surface area contributed by atoms with E-state index < -0.39 is 28.3 Å². The zero-order valence-electron chi connectivity index (χ0n) is 15.3. The van der Waals surface area contributed by atoms with Crippen molar-refractivity contribution in [2.75, 3.05) is 11.9 Å². The third-order valence-electron chi connectivity index (χ3n) is 4.12. The second kappa shape index (κ2) is 9.17. The number of para-hydroxylation sites is 1. The van der Waals surface area contributed by atoms with Crippen LogP contribution in [0, 0.1) is 5.82 Å². The Kier molecular flexibility index (Phi) is 6.64. The zero-order chi connectivity index (χ0) is 20.9. The summed E-state index contributed by atoms with van der Waals surface area (Å²) in [6.07, 6.45) is 0. The summed E-state index contributed by atoms with van der Waals surface area (Å²) >= 11 is 5.89. The van der Waals surface area contributed by atoms with Crippen LogP contribution in [0.15, 0.2) is 83.8 Å². The molecule has 1 N–H and O–H groups in total. The highest BCUT2D eigenvalue weighted by atomic mass is 35.5. The lowest BCUT2D eigenvalue weighted by molar-refractivity contribution is -0.116. The van der Waals surface area contributed by atoms with Gasteiger partial charge in [0.05, 0.1) is 17.1 Å². The number of hydrogen-bond acceptors (Lipinski definition) is 3. The van der Waals surface area contributed by atoms with E-state index in [1.165, 1.54) is 30.3 Å². The van der Waals surface area contributed by atoms with E-state index in [0.717, 1.165) is 4.31 Å². The summed E-state index contributed by atoms with van der Waals surface area (Å²) in [4.78, 5) is 12.6. The van der Waals surface area contributed by atoms with Gasteiger partial charge in [0.1, 0.15) is 5.82 Å². The number of sulfonamides is 1. The molecule has 0 aliphatic heterocycles. The van der Waals surface area contributed by atoms with Gasteiger partial charge in [-0.15, -0.1) is 0 Å². The molecule has 0 aliphatic rings. The van der Waals surface area contributed by atoms with Crippen LogP contribution >= 0.6 is 11.6 Å². The molecule has 0 saturated heterocycles. The summed E-state index contributed by atoms with van der Waals surface area (Å²) in [5, 5.41) is 2.94. The van der Waals surface area contributed by atoms with Gasteiger partial charge in [0.2, 0.25) is 15.9 Å². The maximum atomic E-state index is 13.8. The van der Waals surface area contributed by atoms with Gasteiger partial charge in [-0.2, -0.15) is 4.31 Å². The van der Waals surface area contributed by atoms with E-state index in [1.807, 2.05) is 0 Å². The first-order chi connectivity index (χ1) is 13.9. The highest BCUT2D eigenvalue weighted by molar-refractivity contribution is 7.89. The van der Waals surface area contributed by atoms with Crippen LogP contribution in [0.4, 0.5) is 10.1 Å². The molecule has 3 rings (SSSR count). The van der Waals surface area contributed by atoms with Crippen LogP contribution in [0.3, 0.4) is 0 Å². The lowest BCUT2D eigenvalue weighted by Crippen LogP contribution is -2.37. The minimum atomic E-state index is -3.96. The normalized spacial score (nSPS) is 11.4. The number of amides is 1. The minimum Gasteiger partial charge on any atom is -0.322 e. The minimum absolute atomic E-state index is 0.0129. The lowest BCUT2D eigenvalue weighted by atomic mass is 10.2. The van der Waals surface area contributed by atoms with Crippen LogP contribution in [0.5, 0.6) is 0 Å². The highest BCUT2D eigenvalue weighted by Gasteiger charge is 2.27. The summed E-state index contributed by atoms with van der Waals surface area (Å²) in [6, 6.07) is 20.2. The average Bonchev–Trinajstić information content (AvgIpc) is 2.71. The zero-order valence-corrected chi connectivity index (χ0v) is 16.8. The Labute approximate surface area is 173 Å². The molecule has 0 saturated carbocycles. The maximum absolute atomic E-state index is 13.8. The van der Waals surface area contributed by atoms with Crippen molar-refractivity contribution in [3.8, 4) is 0 Å². The SMILES string of the molecule is O=C(CN(Cc1ccc(Cl)cc1)S(=O)(=O)c1ccccc1)Nc1ccccc1F. The monoisotopic (exact) mass is 432 g/mol. The van der Waals surface area contributed by atoms with Gasteiger partial charge in [0, 0.05) is 11.6 Å². The number of carbonyl (C=O) groups is 1. The molecule has 0 atom stereocenters. The Morgan fingerprint density at radius 2 is 1.55 bits per heavy atom. The molecule has 5 nitrogen and oxygen atoms in total. The van der Waals surface area contributed by atoms with Crippen molar-refractivity contribution < 1.29 is 17.6 Å². The number of nitrogens with zero attached hydrogens (tertiary/aromatic N) is 1. The van der Waals surface area contributed by atoms with E-state index >= 15 is 0 Å². The topological polar surface area (TPSA) is 66.5 Å². The van der Waals surface area contributed by atoms with Gasteiger partial charge in [0.25, 0.3) is 0 Å². The van der Waals surface area contributed by atoms with Crippen LogP contribution in [0.1, 0.15) is 5.56 Å². The van der Waals surface area contributed by atoms with Gasteiger partial charge in [-0.1, -0.05) is 54.1 Å². The number of benzene rings is 3. The molecular weight excluding hydrogens is 415 g/mol. The Bertz CT molecular complexity index is 1090. The third-order valence-corrected chi connectivity index (χ3v) is 6.18. The molecule has 0 unspecified atom stereocenters. The molecule has 1 amide bonds. The molecule has 0 heterocycles. The van der Waals surface area contributed by atoms with Crippen molar-refractivity contribution >= 4 is 33.2 Å². The summed E-state index contributed by atoms with van der Waals surface area (Å²) in [5.41, 5.74) is 0.647. The highest BCUT2D eigenvalue weighted by Crippen LogP contribution is 2.20. The smallest absolute Gasteiger partial charge is 0.243 e. The lowest BCUT2D eigenvalue weighted by Gasteiger charge is -2.22. The predicted molar refractivity (Wildman–Crippen MR) is 111 cm³/mol. The number of nitrogens with one attached hydrogen (secondary N) is 1. The summed E-state index contributed by atoms with van der Waals surface area (Å²) in [7, 11) is -3.96. The molecule has 8 heteroatoms. The maximum Gasteiger partial charge on any atom is 0.243 e. The number of anilines is 1. The second-order valence-corrected chi connectivity index (χ2v) is 8.62. The van der Waals surface area contributed by atoms with Crippen LogP contribution in [0.2, 0.25) is 5.02 Å². The first kappa shape index (κ1) is 21.0. The number of rotatable bonds is 7. The quantitative estimate of drug-likeness (QED) is 0.605. The Morgan fingerprint density at radius 1 is 0.931 bits per heavy atom. The Hall–Kier alpha value is -2.74. The van der Waals surface area contributed by atoms with Gasteiger partial charge in [0.15, 0.2) is 0 Å². The second-order valence-electron chi connectivity index (χ2n) is 6.24. The standard InChI is InChI=1S/C21H18ClFN2O3S/c22-17-12-10-16(11-13-17)14-25(29(27,28)18-6-2-1-3-7-18)15-21(26)24-20-9-5-4-8-19(20)23/h1-13H,14-15H2,(H,24,26). The molecule has 0 spiro atoms. The van der Waals surface area contributed by atoms with E-state index in [9.17, 15) is 17.6 Å². The van der Waals surface area contributed by atoms with Crippen LogP contribution in [0.25, 0.3) is 0 Å². The van der Waals surface area contributed by atoms with Crippen LogP contribution in [-0.2, 0) is 21.4 Å². The summed E-state index contributed by atoms with van der Waals surface area (Å²) in [6.45, 7) is -0.521. The third kappa shape index (κ3) is 5.41. The fraction of sp³-hybridized carbons (Fsp3) is 0.0952. The summed E-state index contributed by atoms with van der Waals surface area (Å²) < 4.78 is 41.1. The van der Waals surface area contributed by atoms with Crippen molar-refractivity contribution in [1.29, 1.82) is 0 Å². The number of halogens is 2.